The van der Waals surface area contributed by atoms with Crippen molar-refractivity contribution < 1.29 is 14.3 Å². The van der Waals surface area contributed by atoms with Crippen molar-refractivity contribution in [3.63, 3.8) is 0 Å². The van der Waals surface area contributed by atoms with Gasteiger partial charge in [-0.05, 0) is 77.7 Å². The van der Waals surface area contributed by atoms with Crippen LogP contribution in [-0.2, 0) is 17.8 Å². The molecular formula is C29H30N2O3S. The molecule has 0 radical (unpaired) electrons. The predicted molar refractivity (Wildman–Crippen MR) is 145 cm³/mol. The number of hydrogen-bond acceptors (Lipinski definition) is 4. The van der Waals surface area contributed by atoms with E-state index in [1.165, 1.54) is 5.56 Å². The Balaban J connectivity index is 1.55. The average Bonchev–Trinajstić information content (AvgIpc) is 3.15. The van der Waals surface area contributed by atoms with E-state index < -0.39 is 0 Å². The molecule has 0 bridgehead atoms. The van der Waals surface area contributed by atoms with Crippen molar-refractivity contribution in [1.29, 1.82) is 0 Å². The zero-order valence-corrected chi connectivity index (χ0v) is 21.3. The average molecular weight is 487 g/mol. The summed E-state index contributed by atoms with van der Waals surface area (Å²) in [6, 6.07) is 21.7. The quantitative estimate of drug-likeness (QED) is 0.302. The zero-order chi connectivity index (χ0) is 24.9. The molecule has 35 heavy (non-hydrogen) atoms. The van der Waals surface area contributed by atoms with Crippen LogP contribution in [0.3, 0.4) is 0 Å². The summed E-state index contributed by atoms with van der Waals surface area (Å²) >= 11 is 5.50. The van der Waals surface area contributed by atoms with Crippen molar-refractivity contribution >= 4 is 35.0 Å². The van der Waals surface area contributed by atoms with E-state index in [0.29, 0.717) is 23.3 Å². The van der Waals surface area contributed by atoms with Crippen LogP contribution in [0.25, 0.3) is 6.08 Å². The number of para-hydroxylation sites is 1. The van der Waals surface area contributed by atoms with Crippen molar-refractivity contribution in [2.45, 2.75) is 39.7 Å². The molecule has 0 aliphatic carbocycles. The summed E-state index contributed by atoms with van der Waals surface area (Å²) < 4.78 is 11.6. The number of amides is 1. The molecule has 1 saturated heterocycles. The Hall–Kier alpha value is -3.64. The van der Waals surface area contributed by atoms with Crippen molar-refractivity contribution in [2.24, 2.45) is 0 Å². The van der Waals surface area contributed by atoms with Gasteiger partial charge in [-0.25, -0.2) is 0 Å². The van der Waals surface area contributed by atoms with Crippen LogP contribution >= 0.6 is 12.2 Å². The van der Waals surface area contributed by atoms with Gasteiger partial charge in [-0.3, -0.25) is 9.69 Å². The highest BCUT2D eigenvalue weighted by molar-refractivity contribution is 7.80. The summed E-state index contributed by atoms with van der Waals surface area (Å²) in [5, 5.41) is 3.46. The molecule has 4 rings (SSSR count). The Bertz CT molecular complexity index is 1270. The number of anilines is 1. The third kappa shape index (κ3) is 5.38. The van der Waals surface area contributed by atoms with Crippen molar-refractivity contribution in [1.82, 2.24) is 5.32 Å². The first-order chi connectivity index (χ1) is 16.9. The number of ether oxygens (including phenoxy) is 2. The van der Waals surface area contributed by atoms with Gasteiger partial charge in [-0.2, -0.15) is 0 Å². The van der Waals surface area contributed by atoms with Gasteiger partial charge < -0.3 is 14.8 Å². The van der Waals surface area contributed by atoms with Gasteiger partial charge in [-0.15, -0.1) is 0 Å². The number of carbonyl (C=O) groups excluding carboxylic acids is 1. The summed E-state index contributed by atoms with van der Waals surface area (Å²) in [6.07, 6.45) is 2.62. The first-order valence-electron chi connectivity index (χ1n) is 11.8. The summed E-state index contributed by atoms with van der Waals surface area (Å²) in [5.41, 5.74) is 5.32. The molecular weight excluding hydrogens is 456 g/mol. The fourth-order valence-corrected chi connectivity index (χ4v) is 4.35. The number of nitrogens with one attached hydrogen (secondary N) is 1. The van der Waals surface area contributed by atoms with E-state index in [1.54, 1.807) is 12.0 Å². The number of nitrogens with zero attached hydrogens (tertiary/aromatic N) is 1. The molecule has 5 nitrogen and oxygen atoms in total. The van der Waals surface area contributed by atoms with Crippen molar-refractivity contribution in [3.8, 4) is 11.5 Å². The van der Waals surface area contributed by atoms with Crippen LogP contribution in [0.4, 0.5) is 5.69 Å². The Morgan fingerprint density at radius 3 is 2.46 bits per heavy atom. The van der Waals surface area contributed by atoms with Gasteiger partial charge in [0.25, 0.3) is 5.91 Å². The Labute approximate surface area is 212 Å². The third-order valence-corrected chi connectivity index (χ3v) is 6.33. The molecule has 0 aromatic heterocycles. The lowest BCUT2D eigenvalue weighted by Gasteiger charge is -2.17. The fraction of sp³-hybridized carbons (Fsp3) is 0.241. The van der Waals surface area contributed by atoms with E-state index in [0.717, 1.165) is 40.3 Å². The van der Waals surface area contributed by atoms with E-state index in [1.807, 2.05) is 60.7 Å². The molecule has 1 aliphatic rings. The minimum absolute atomic E-state index is 0.172. The van der Waals surface area contributed by atoms with Crippen LogP contribution in [0.2, 0.25) is 0 Å². The molecule has 0 atom stereocenters. The number of rotatable bonds is 8. The van der Waals surface area contributed by atoms with Crippen molar-refractivity contribution in [2.75, 3.05) is 12.0 Å². The van der Waals surface area contributed by atoms with Gasteiger partial charge in [0.15, 0.2) is 5.11 Å². The normalized spacial score (nSPS) is 14.5. The molecule has 0 spiro atoms. The molecule has 1 heterocycles. The molecule has 3 aromatic carbocycles. The molecule has 1 aliphatic heterocycles. The number of methoxy groups -OCH3 is 1. The molecule has 1 N–H and O–H groups in total. The van der Waals surface area contributed by atoms with Crippen LogP contribution in [-0.4, -0.2) is 18.1 Å². The van der Waals surface area contributed by atoms with Crippen LogP contribution in [0, 0.1) is 0 Å². The van der Waals surface area contributed by atoms with Gasteiger partial charge in [0.05, 0.1) is 12.8 Å². The number of hydrogen-bond donors (Lipinski definition) is 1. The summed E-state index contributed by atoms with van der Waals surface area (Å²) in [6.45, 7) is 6.74. The highest BCUT2D eigenvalue weighted by Gasteiger charge is 2.33. The number of carbonyl (C=O) groups is 1. The Morgan fingerprint density at radius 2 is 1.77 bits per heavy atom. The summed E-state index contributed by atoms with van der Waals surface area (Å²) in [7, 11) is 1.64. The lowest BCUT2D eigenvalue weighted by Crippen LogP contribution is -2.31. The zero-order valence-electron chi connectivity index (χ0n) is 20.5. The highest BCUT2D eigenvalue weighted by atomic mass is 32.1. The molecule has 1 fully saturated rings. The monoisotopic (exact) mass is 486 g/mol. The van der Waals surface area contributed by atoms with Crippen LogP contribution in [0.15, 0.2) is 72.4 Å². The van der Waals surface area contributed by atoms with Crippen LogP contribution in [0.5, 0.6) is 11.5 Å². The van der Waals surface area contributed by atoms with E-state index in [9.17, 15) is 4.79 Å². The summed E-state index contributed by atoms with van der Waals surface area (Å²) in [5.74, 6) is 1.82. The van der Waals surface area contributed by atoms with Gasteiger partial charge >= 0.3 is 0 Å². The van der Waals surface area contributed by atoms with Crippen LogP contribution in [0.1, 0.15) is 48.9 Å². The Kier molecular flexibility index (Phi) is 7.51. The minimum atomic E-state index is -0.172. The Morgan fingerprint density at radius 1 is 1.03 bits per heavy atom. The van der Waals surface area contributed by atoms with Gasteiger partial charge in [0.1, 0.15) is 23.8 Å². The van der Waals surface area contributed by atoms with Gasteiger partial charge in [0, 0.05) is 5.56 Å². The minimum Gasteiger partial charge on any atom is -0.496 e. The largest absolute Gasteiger partial charge is 0.496 e. The SMILES string of the molecule is CCc1ccccc1N1C(=O)/C(=C\c2ccc(OC)c(COc3ccc(C(C)C)cc3)c2)NC1=S. The lowest BCUT2D eigenvalue weighted by atomic mass is 10.0. The number of thiocarbonyl (C=S) groups is 1. The fourth-order valence-electron chi connectivity index (χ4n) is 4.06. The molecule has 0 saturated carbocycles. The standard InChI is InChI=1S/C29H30N2O3S/c1-5-21-8-6-7-9-26(21)31-28(32)25(30-29(31)35)17-20-10-15-27(33-4)23(16-20)18-34-24-13-11-22(12-14-24)19(2)3/h6-17,19H,5,18H2,1-4H3,(H,30,35)/b25-17+. The maximum Gasteiger partial charge on any atom is 0.281 e. The third-order valence-electron chi connectivity index (χ3n) is 6.05. The molecule has 3 aromatic rings. The van der Waals surface area contributed by atoms with Gasteiger partial charge in [-0.1, -0.05) is 57.2 Å². The second kappa shape index (κ2) is 10.7. The maximum atomic E-state index is 13.2. The smallest absolute Gasteiger partial charge is 0.281 e. The lowest BCUT2D eigenvalue weighted by molar-refractivity contribution is -0.113. The molecule has 1 amide bonds. The first-order valence-corrected chi connectivity index (χ1v) is 12.2. The van der Waals surface area contributed by atoms with E-state index in [-0.39, 0.29) is 5.91 Å². The first kappa shape index (κ1) is 24.5. The van der Waals surface area contributed by atoms with E-state index in [4.69, 9.17) is 21.7 Å². The van der Waals surface area contributed by atoms with E-state index in [2.05, 4.69) is 38.2 Å². The maximum absolute atomic E-state index is 13.2. The van der Waals surface area contributed by atoms with E-state index >= 15 is 0 Å². The van der Waals surface area contributed by atoms with Crippen LogP contribution < -0.4 is 19.7 Å². The van der Waals surface area contributed by atoms with Gasteiger partial charge in [0.2, 0.25) is 0 Å². The second-order valence-corrected chi connectivity index (χ2v) is 9.08. The molecule has 6 heteroatoms. The molecule has 180 valence electrons. The predicted octanol–water partition coefficient (Wildman–Crippen LogP) is 6.22. The summed E-state index contributed by atoms with van der Waals surface area (Å²) in [4.78, 5) is 14.8. The number of aryl methyl sites for hydroxylation is 1. The number of benzene rings is 3. The highest BCUT2D eigenvalue weighted by Crippen LogP contribution is 2.28. The van der Waals surface area contributed by atoms with Crippen molar-refractivity contribution in [3.05, 3.63) is 94.7 Å². The molecule has 0 unspecified atom stereocenters. The second-order valence-electron chi connectivity index (χ2n) is 8.69. The topological polar surface area (TPSA) is 50.8 Å².